The Morgan fingerprint density at radius 3 is 2.75 bits per heavy atom. The van der Waals surface area contributed by atoms with Crippen molar-refractivity contribution in [1.29, 1.82) is 0 Å². The van der Waals surface area contributed by atoms with Gasteiger partial charge in [0.1, 0.15) is 11.3 Å². The topological polar surface area (TPSA) is 55.3 Å². The molecule has 0 aliphatic carbocycles. The number of carbonyl (C=O) groups is 1. The molecule has 0 aliphatic rings. The highest BCUT2D eigenvalue weighted by Crippen LogP contribution is 2.35. The first-order valence-corrected chi connectivity index (χ1v) is 10.2. The molecule has 7 heteroatoms. The van der Waals surface area contributed by atoms with Crippen LogP contribution in [0.15, 0.2) is 71.5 Å². The van der Waals surface area contributed by atoms with Gasteiger partial charge in [-0.25, -0.2) is 4.98 Å². The summed E-state index contributed by atoms with van der Waals surface area (Å²) in [6.07, 6.45) is 3.47. The molecule has 0 N–H and O–H groups in total. The number of anilines is 1. The molecule has 0 saturated heterocycles. The van der Waals surface area contributed by atoms with E-state index < -0.39 is 0 Å². The number of nitrogens with zero attached hydrogens (tertiary/aromatic N) is 3. The first-order chi connectivity index (χ1) is 13.7. The van der Waals surface area contributed by atoms with Gasteiger partial charge in [-0.05, 0) is 51.8 Å². The van der Waals surface area contributed by atoms with Gasteiger partial charge in [0.25, 0.3) is 5.91 Å². The molecule has 0 radical (unpaired) electrons. The van der Waals surface area contributed by atoms with Crippen molar-refractivity contribution in [3.63, 3.8) is 0 Å². The van der Waals surface area contributed by atoms with E-state index >= 15 is 0 Å². The summed E-state index contributed by atoms with van der Waals surface area (Å²) in [6, 6.07) is 17.0. The van der Waals surface area contributed by atoms with Crippen molar-refractivity contribution in [3.05, 3.63) is 82.6 Å². The Bertz CT molecular complexity index is 1130. The maximum absolute atomic E-state index is 13.4. The molecule has 5 nitrogen and oxygen atoms in total. The van der Waals surface area contributed by atoms with E-state index in [4.69, 9.17) is 9.72 Å². The number of amides is 1. The summed E-state index contributed by atoms with van der Waals surface area (Å²) < 4.78 is 7.13. The summed E-state index contributed by atoms with van der Waals surface area (Å²) in [5, 5.41) is 0.615. The van der Waals surface area contributed by atoms with Crippen LogP contribution < -0.4 is 9.64 Å². The number of fused-ring (bicyclic) bond motifs is 1. The minimum atomic E-state index is -0.130. The summed E-state index contributed by atoms with van der Waals surface area (Å²) in [5.74, 6) is 0.559. The van der Waals surface area contributed by atoms with E-state index in [9.17, 15) is 4.79 Å². The third-order valence-corrected chi connectivity index (χ3v) is 5.97. The minimum Gasteiger partial charge on any atom is -0.494 e. The van der Waals surface area contributed by atoms with E-state index in [0.29, 0.717) is 23.0 Å². The number of carbonyl (C=O) groups excluding carboxylic acids is 1. The fourth-order valence-corrected chi connectivity index (χ4v) is 4.31. The number of thiazole rings is 1. The summed E-state index contributed by atoms with van der Waals surface area (Å²) in [6.45, 7) is 0.371. The molecule has 4 rings (SSSR count). The van der Waals surface area contributed by atoms with Crippen LogP contribution in [0, 0.1) is 0 Å². The van der Waals surface area contributed by atoms with Crippen molar-refractivity contribution >= 4 is 48.5 Å². The van der Waals surface area contributed by atoms with Gasteiger partial charge in [-0.15, -0.1) is 0 Å². The van der Waals surface area contributed by atoms with Crippen LogP contribution in [-0.2, 0) is 6.54 Å². The Morgan fingerprint density at radius 2 is 2.00 bits per heavy atom. The number of benzene rings is 2. The maximum atomic E-state index is 13.4. The molecule has 0 aliphatic heterocycles. The number of methoxy groups -OCH3 is 1. The Morgan fingerprint density at radius 1 is 1.14 bits per heavy atom. The molecule has 2 aromatic heterocycles. The number of aromatic nitrogens is 2. The molecule has 4 aromatic rings. The summed E-state index contributed by atoms with van der Waals surface area (Å²) in [5.41, 5.74) is 2.26. The largest absolute Gasteiger partial charge is 0.494 e. The quantitative estimate of drug-likeness (QED) is 0.410. The molecule has 0 unspecified atom stereocenters. The molecule has 2 heterocycles. The molecule has 28 heavy (non-hydrogen) atoms. The lowest BCUT2D eigenvalue weighted by Gasteiger charge is -2.20. The Kier molecular flexibility index (Phi) is 5.36. The fraction of sp³-hybridized carbons (Fsp3) is 0.0952. The standard InChI is InChI=1S/C21H16BrN3O2S/c1-27-17-9-4-10-18-19(17)24-21(28-18)25(13-14-6-5-11-23-12-14)20(26)15-7-2-3-8-16(15)22/h2-12H,13H2,1H3. The van der Waals surface area contributed by atoms with E-state index in [-0.39, 0.29) is 5.91 Å². The number of pyridine rings is 1. The molecule has 140 valence electrons. The van der Waals surface area contributed by atoms with Crippen LogP contribution in [-0.4, -0.2) is 23.0 Å². The highest BCUT2D eigenvalue weighted by atomic mass is 79.9. The number of hydrogen-bond donors (Lipinski definition) is 0. The predicted octanol–water partition coefficient (Wildman–Crippen LogP) is 5.31. The van der Waals surface area contributed by atoms with Crippen LogP contribution in [0.1, 0.15) is 15.9 Å². The lowest BCUT2D eigenvalue weighted by Crippen LogP contribution is -2.30. The lowest BCUT2D eigenvalue weighted by molar-refractivity contribution is 0.0984. The van der Waals surface area contributed by atoms with Crippen LogP contribution in [0.3, 0.4) is 0 Å². The van der Waals surface area contributed by atoms with Crippen LogP contribution in [0.5, 0.6) is 5.75 Å². The number of rotatable bonds is 5. The molecule has 0 spiro atoms. The molecule has 0 atom stereocenters. The zero-order valence-corrected chi connectivity index (χ0v) is 17.4. The summed E-state index contributed by atoms with van der Waals surface area (Å²) >= 11 is 4.95. The Labute approximate surface area is 174 Å². The fourth-order valence-electron chi connectivity index (χ4n) is 2.87. The molecular weight excluding hydrogens is 438 g/mol. The molecule has 0 saturated carbocycles. The molecule has 0 bridgehead atoms. The third-order valence-electron chi connectivity index (χ3n) is 4.23. The number of ether oxygens (including phenoxy) is 1. The van der Waals surface area contributed by atoms with Crippen molar-refractivity contribution in [1.82, 2.24) is 9.97 Å². The van der Waals surface area contributed by atoms with E-state index in [1.165, 1.54) is 11.3 Å². The van der Waals surface area contributed by atoms with Gasteiger partial charge in [-0.2, -0.15) is 0 Å². The van der Waals surface area contributed by atoms with Gasteiger partial charge in [-0.1, -0.05) is 35.6 Å². The van der Waals surface area contributed by atoms with Gasteiger partial charge >= 0.3 is 0 Å². The highest BCUT2D eigenvalue weighted by molar-refractivity contribution is 9.10. The van der Waals surface area contributed by atoms with Gasteiger partial charge in [0, 0.05) is 16.9 Å². The van der Waals surface area contributed by atoms with E-state index in [1.807, 2.05) is 48.5 Å². The van der Waals surface area contributed by atoms with Gasteiger partial charge < -0.3 is 4.74 Å². The van der Waals surface area contributed by atoms with E-state index in [0.717, 1.165) is 20.3 Å². The van der Waals surface area contributed by atoms with Crippen LogP contribution >= 0.6 is 27.3 Å². The van der Waals surface area contributed by atoms with Gasteiger partial charge in [-0.3, -0.25) is 14.7 Å². The number of hydrogen-bond acceptors (Lipinski definition) is 5. The predicted molar refractivity (Wildman–Crippen MR) is 115 cm³/mol. The molecular formula is C21H16BrN3O2S. The molecule has 2 aromatic carbocycles. The van der Waals surface area contributed by atoms with Gasteiger partial charge in [0.2, 0.25) is 0 Å². The van der Waals surface area contributed by atoms with Crippen molar-refractivity contribution in [3.8, 4) is 5.75 Å². The molecule has 0 fully saturated rings. The summed E-state index contributed by atoms with van der Waals surface area (Å²) in [7, 11) is 1.62. The monoisotopic (exact) mass is 453 g/mol. The Hall–Kier alpha value is -2.77. The van der Waals surface area contributed by atoms with Crippen molar-refractivity contribution in [2.24, 2.45) is 0 Å². The van der Waals surface area contributed by atoms with Crippen LogP contribution in [0.25, 0.3) is 10.2 Å². The maximum Gasteiger partial charge on any atom is 0.261 e. The average Bonchev–Trinajstić information content (AvgIpc) is 3.16. The molecule has 1 amide bonds. The van der Waals surface area contributed by atoms with Gasteiger partial charge in [0.05, 0.1) is 23.9 Å². The second kappa shape index (κ2) is 8.08. The lowest BCUT2D eigenvalue weighted by atomic mass is 10.2. The Balaban J connectivity index is 1.81. The van der Waals surface area contributed by atoms with Gasteiger partial charge in [0.15, 0.2) is 5.13 Å². The van der Waals surface area contributed by atoms with E-state index in [1.54, 1.807) is 30.5 Å². The van der Waals surface area contributed by atoms with Crippen LogP contribution in [0.2, 0.25) is 0 Å². The average molecular weight is 454 g/mol. The number of halogens is 1. The van der Waals surface area contributed by atoms with Crippen molar-refractivity contribution in [2.75, 3.05) is 12.0 Å². The summed E-state index contributed by atoms with van der Waals surface area (Å²) in [4.78, 5) is 24.0. The SMILES string of the molecule is COc1cccc2sc(N(Cc3cccnc3)C(=O)c3ccccc3Br)nc12. The van der Waals surface area contributed by atoms with Crippen molar-refractivity contribution < 1.29 is 9.53 Å². The zero-order chi connectivity index (χ0) is 19.5. The normalized spacial score (nSPS) is 10.8. The van der Waals surface area contributed by atoms with Crippen LogP contribution in [0.4, 0.5) is 5.13 Å². The van der Waals surface area contributed by atoms with Crippen molar-refractivity contribution in [2.45, 2.75) is 6.54 Å². The number of para-hydroxylation sites is 1. The third kappa shape index (κ3) is 3.63. The second-order valence-electron chi connectivity index (χ2n) is 6.04. The zero-order valence-electron chi connectivity index (χ0n) is 15.0. The second-order valence-corrected chi connectivity index (χ2v) is 7.90. The smallest absolute Gasteiger partial charge is 0.261 e. The minimum absolute atomic E-state index is 0.130. The first kappa shape index (κ1) is 18.6. The highest BCUT2D eigenvalue weighted by Gasteiger charge is 2.24. The first-order valence-electron chi connectivity index (χ1n) is 8.56. The van der Waals surface area contributed by atoms with E-state index in [2.05, 4.69) is 20.9 Å².